The molecular weight excluding hydrogens is 1280 g/mol. The zero-order chi connectivity index (χ0) is 67.9. The molecule has 2 aliphatic carbocycles. The van der Waals surface area contributed by atoms with E-state index in [0.29, 0.717) is 233 Å². The van der Waals surface area contributed by atoms with Crippen LogP contribution in [0.4, 0.5) is 5.69 Å². The van der Waals surface area contributed by atoms with Crippen molar-refractivity contribution < 1.29 is 43.4 Å². The average molecular weight is 1370 g/mol. The van der Waals surface area contributed by atoms with E-state index < -0.39 is 22.2 Å². The quantitative estimate of drug-likeness (QED) is 0.0635. The zero-order valence-corrected chi connectivity index (χ0v) is 56.6. The van der Waals surface area contributed by atoms with Crippen molar-refractivity contribution in [1.82, 2.24) is 52.6 Å². The van der Waals surface area contributed by atoms with Gasteiger partial charge in [0.05, 0.1) is 149 Å². The Labute approximate surface area is 570 Å². The van der Waals surface area contributed by atoms with Crippen LogP contribution in [-0.2, 0) is 59.3 Å². The summed E-state index contributed by atoms with van der Waals surface area (Å²) in [6.07, 6.45) is 0. The Kier molecular flexibility index (Phi) is 22.1. The van der Waals surface area contributed by atoms with E-state index in [9.17, 15) is 39.0 Å². The number of hydrogen-bond donors (Lipinski definition) is 3. The molecule has 4 aromatic rings. The molecule has 29 heteroatoms. The number of anilines is 1. The fraction of sp³-hybridized carbons (Fsp3) is 0.600. The standard InChI is InChI=1S/C38H52N8O8.C32H40N6O7/c47-35-27-25-29(39-1-3-41-9-17-51-18-10-41)33-31-28(36(48)45(37(33)49)7-5-43-13-21-53-22-14-43)26-30(40-2-4-42-11-19-52-20-12-42)34(32(27)31)38(50)46(35)8-6-44-15-23-54-24-16-44;39-29-22-1-2-23-27-26(22)24(31(41)37(29)7-5-35-11-17-44-18-12-35)21-25(33-3-4-34-9-15-43-16-10-34)28(27)32(42)38(30(23)40)8-6-36-13-19-45-20-14-36/h25-26,39,50H,1-24H2;1-2,21,40H,3-20H2. The molecule has 0 bridgehead atoms. The van der Waals surface area contributed by atoms with Crippen molar-refractivity contribution in [2.75, 3.05) is 255 Å². The topological polar surface area (TPSA) is 287 Å². The number of rotatable bonds is 22. The Morgan fingerprint density at radius 2 is 0.667 bits per heavy atom. The van der Waals surface area contributed by atoms with Crippen LogP contribution in [-0.4, -0.2) is 312 Å². The van der Waals surface area contributed by atoms with E-state index in [1.54, 1.807) is 30.3 Å². The van der Waals surface area contributed by atoms with Gasteiger partial charge < -0.3 is 48.7 Å². The summed E-state index contributed by atoms with van der Waals surface area (Å²) in [6, 6.07) is 8.53. The molecule has 7 fully saturated rings. The number of morpholine rings is 7. The lowest BCUT2D eigenvalue weighted by atomic mass is 9.89. The molecule has 11 heterocycles. The van der Waals surface area contributed by atoms with E-state index in [-0.39, 0.29) is 49.1 Å². The van der Waals surface area contributed by atoms with Gasteiger partial charge in [0.15, 0.2) is 0 Å². The highest BCUT2D eigenvalue weighted by molar-refractivity contribution is 6.19. The van der Waals surface area contributed by atoms with Gasteiger partial charge in [-0.3, -0.25) is 91.3 Å². The average Bonchev–Trinajstić information content (AvgIpc) is 0.705. The van der Waals surface area contributed by atoms with E-state index in [0.717, 1.165) is 98.2 Å². The van der Waals surface area contributed by atoms with Crippen LogP contribution in [0.5, 0.6) is 11.8 Å². The fourth-order valence-corrected chi connectivity index (χ4v) is 15.1. The van der Waals surface area contributed by atoms with Gasteiger partial charge in [-0.1, -0.05) is 0 Å². The first-order valence-corrected chi connectivity index (χ1v) is 35.5. The van der Waals surface area contributed by atoms with Gasteiger partial charge >= 0.3 is 0 Å². The molecule has 0 spiro atoms. The van der Waals surface area contributed by atoms with Gasteiger partial charge in [-0.05, 0) is 30.3 Å². The van der Waals surface area contributed by atoms with Crippen LogP contribution in [0.25, 0.3) is 65.3 Å². The first kappa shape index (κ1) is 68.9. The van der Waals surface area contributed by atoms with Crippen LogP contribution in [0.15, 0.2) is 69.1 Å². The maximum absolute atomic E-state index is 14.6. The lowest BCUT2D eigenvalue weighted by molar-refractivity contribution is 0.0360. The Morgan fingerprint density at radius 1 is 0.323 bits per heavy atom. The van der Waals surface area contributed by atoms with Crippen LogP contribution in [0.3, 0.4) is 0 Å². The first-order valence-electron chi connectivity index (χ1n) is 35.5. The smallest absolute Gasteiger partial charge is 0.263 e. The molecule has 99 heavy (non-hydrogen) atoms. The maximum Gasteiger partial charge on any atom is 0.263 e. The molecule has 0 unspecified atom stereocenters. The molecule has 0 atom stereocenters. The predicted octanol–water partition coefficient (Wildman–Crippen LogP) is -1.74. The highest BCUT2D eigenvalue weighted by Crippen LogP contribution is 2.41. The fourth-order valence-electron chi connectivity index (χ4n) is 15.1. The van der Waals surface area contributed by atoms with E-state index in [2.05, 4.69) is 39.6 Å². The highest BCUT2D eigenvalue weighted by Gasteiger charge is 2.32. The minimum absolute atomic E-state index is 0.168. The van der Waals surface area contributed by atoms with Crippen molar-refractivity contribution in [3.05, 3.63) is 103 Å². The molecule has 11 aliphatic rings. The number of nitrogens with one attached hydrogen (secondary N) is 1. The van der Waals surface area contributed by atoms with Gasteiger partial charge in [-0.25, -0.2) is 0 Å². The molecule has 7 saturated heterocycles. The van der Waals surface area contributed by atoms with E-state index >= 15 is 0 Å². The molecule has 0 radical (unpaired) electrons. The number of nitrogens with zero attached hydrogens (tertiary/aromatic N) is 13. The Hall–Kier alpha value is -7.20. The summed E-state index contributed by atoms with van der Waals surface area (Å²) in [4.78, 5) is 111. The number of hydrogen-bond acceptors (Lipinski definition) is 25. The first-order chi connectivity index (χ1) is 48.5. The monoisotopic (exact) mass is 1370 g/mol. The number of pyridine rings is 4. The number of benzene rings is 4. The van der Waals surface area contributed by atoms with Gasteiger partial charge in [-0.2, -0.15) is 0 Å². The van der Waals surface area contributed by atoms with Crippen molar-refractivity contribution in [2.24, 2.45) is 9.98 Å². The SMILES string of the molecule is O=c1c2c(=NCCN3CCOCC3)cc3c(=O)n(CCN4CCOCC4)c(=O)c4ccc(c(O)n1CCN1CCOCC1)c2c4-3.O=c1c2cc(NCCN3CCOCC3)c3c4c2c(c(O)n1CCN1CCOCC1)c(=NCCN1CCOCC1)cc-4c(=O)n(CCN1CCOCC1)c3=O. The summed E-state index contributed by atoms with van der Waals surface area (Å²) >= 11 is 0. The molecule has 0 saturated carbocycles. The van der Waals surface area contributed by atoms with Gasteiger partial charge in [0.2, 0.25) is 11.8 Å². The third-order valence-electron chi connectivity index (χ3n) is 20.9. The second kappa shape index (κ2) is 31.8. The molecule has 15 rings (SSSR count). The van der Waals surface area contributed by atoms with Gasteiger partial charge in [0.25, 0.3) is 33.4 Å². The lowest BCUT2D eigenvalue weighted by Gasteiger charge is -2.28. The summed E-state index contributed by atoms with van der Waals surface area (Å²) in [5, 5.41) is 30.9. The Morgan fingerprint density at radius 3 is 1.12 bits per heavy atom. The second-order valence-corrected chi connectivity index (χ2v) is 26.6. The lowest BCUT2D eigenvalue weighted by Crippen LogP contribution is -2.43. The third kappa shape index (κ3) is 14.8. The Balaban J connectivity index is 0.000000172. The molecule has 2 aromatic heterocycles. The van der Waals surface area contributed by atoms with Crippen molar-refractivity contribution in [1.29, 1.82) is 0 Å². The maximum atomic E-state index is 14.6. The number of aromatic hydroxyl groups is 2. The van der Waals surface area contributed by atoms with Gasteiger partial charge in [0, 0.05) is 209 Å². The number of ether oxygens (including phenoxy) is 7. The molecule has 2 aromatic carbocycles. The van der Waals surface area contributed by atoms with Crippen LogP contribution in [0.2, 0.25) is 0 Å². The normalized spacial score (nSPS) is 20.2. The largest absolute Gasteiger partial charge is 0.494 e. The van der Waals surface area contributed by atoms with E-state index in [4.69, 9.17) is 43.1 Å². The molecular formula is C70H92N14O15. The summed E-state index contributed by atoms with van der Waals surface area (Å²) in [7, 11) is 0. The van der Waals surface area contributed by atoms with Gasteiger partial charge in [-0.15, -0.1) is 0 Å². The Bertz CT molecular complexity index is 4520. The minimum Gasteiger partial charge on any atom is -0.494 e. The van der Waals surface area contributed by atoms with Crippen LogP contribution in [0, 0.1) is 0 Å². The van der Waals surface area contributed by atoms with Gasteiger partial charge in [0.1, 0.15) is 0 Å². The number of aromatic nitrogens is 4. The zero-order valence-electron chi connectivity index (χ0n) is 56.6. The highest BCUT2D eigenvalue weighted by atomic mass is 16.5. The van der Waals surface area contributed by atoms with Crippen LogP contribution >= 0.6 is 0 Å². The molecule has 3 N–H and O–H groups in total. The minimum atomic E-state index is -0.421. The molecule has 29 nitrogen and oxygen atoms in total. The van der Waals surface area contributed by atoms with Crippen LogP contribution in [0.1, 0.15) is 0 Å². The van der Waals surface area contributed by atoms with Crippen molar-refractivity contribution in [2.45, 2.75) is 26.2 Å². The van der Waals surface area contributed by atoms with E-state index in [1.807, 2.05) is 0 Å². The molecule has 0 amide bonds. The summed E-state index contributed by atoms with van der Waals surface area (Å²) in [5.74, 6) is -0.371. The predicted molar refractivity (Wildman–Crippen MR) is 374 cm³/mol. The molecule has 532 valence electrons. The summed E-state index contributed by atoms with van der Waals surface area (Å²) in [6.45, 7) is 26.5. The van der Waals surface area contributed by atoms with Crippen molar-refractivity contribution in [3.63, 3.8) is 0 Å². The van der Waals surface area contributed by atoms with Crippen molar-refractivity contribution >= 4 is 48.8 Å². The summed E-state index contributed by atoms with van der Waals surface area (Å²) in [5.41, 5.74) is -0.413. The summed E-state index contributed by atoms with van der Waals surface area (Å²) < 4.78 is 43.9. The van der Waals surface area contributed by atoms with E-state index in [1.165, 1.54) is 18.3 Å². The third-order valence-corrected chi connectivity index (χ3v) is 20.9. The van der Waals surface area contributed by atoms with Crippen molar-refractivity contribution in [3.8, 4) is 34.0 Å². The second-order valence-electron chi connectivity index (χ2n) is 26.6. The van der Waals surface area contributed by atoms with Crippen LogP contribution < -0.4 is 49.4 Å². The molecule has 9 aliphatic heterocycles.